The molecule has 1 aromatic heterocycles. The maximum atomic E-state index is 5.92. The fourth-order valence-electron chi connectivity index (χ4n) is 1.10. The molecule has 0 unspecified atom stereocenters. The standard InChI is InChI=1S/C8H6Cl2N2/c1-4-2-7-5(3-6(4)9)8(10)12-11-7/h2-3H,1H3,(H,11,12). The van der Waals surface area contributed by atoms with E-state index in [0.29, 0.717) is 10.2 Å². The van der Waals surface area contributed by atoms with Crippen LogP contribution in [0.4, 0.5) is 0 Å². The Balaban J connectivity index is 2.87. The minimum Gasteiger partial charge on any atom is -0.266 e. The summed E-state index contributed by atoms with van der Waals surface area (Å²) < 4.78 is 0. The molecule has 2 nitrogen and oxygen atoms in total. The lowest BCUT2D eigenvalue weighted by atomic mass is 10.2. The molecule has 0 fully saturated rings. The van der Waals surface area contributed by atoms with Crippen molar-refractivity contribution in [1.29, 1.82) is 0 Å². The number of hydrogen-bond donors (Lipinski definition) is 1. The SMILES string of the molecule is Cc1cc2n[nH]c(Cl)c2cc1Cl. The third kappa shape index (κ3) is 1.08. The first-order chi connectivity index (χ1) is 5.68. The smallest absolute Gasteiger partial charge is 0.132 e. The van der Waals surface area contributed by atoms with E-state index in [1.165, 1.54) is 0 Å². The van der Waals surface area contributed by atoms with E-state index in [2.05, 4.69) is 10.2 Å². The molecule has 1 aromatic carbocycles. The molecule has 0 saturated carbocycles. The average Bonchev–Trinajstić information content (AvgIpc) is 2.35. The molecular formula is C8H6Cl2N2. The van der Waals surface area contributed by atoms with Gasteiger partial charge in [0.05, 0.1) is 5.52 Å². The first kappa shape index (κ1) is 7.90. The van der Waals surface area contributed by atoms with Crippen LogP contribution in [-0.4, -0.2) is 10.2 Å². The van der Waals surface area contributed by atoms with Crippen LogP contribution in [0.5, 0.6) is 0 Å². The summed E-state index contributed by atoms with van der Waals surface area (Å²) >= 11 is 11.7. The van der Waals surface area contributed by atoms with Crippen LogP contribution in [0.15, 0.2) is 12.1 Å². The van der Waals surface area contributed by atoms with Gasteiger partial charge in [0.15, 0.2) is 0 Å². The Bertz CT molecular complexity index is 434. The van der Waals surface area contributed by atoms with Crippen molar-refractivity contribution in [3.05, 3.63) is 27.9 Å². The van der Waals surface area contributed by atoms with Gasteiger partial charge in [0.25, 0.3) is 0 Å². The molecule has 1 N–H and O–H groups in total. The quantitative estimate of drug-likeness (QED) is 0.696. The monoisotopic (exact) mass is 200 g/mol. The lowest BCUT2D eigenvalue weighted by Crippen LogP contribution is -1.75. The van der Waals surface area contributed by atoms with E-state index in [4.69, 9.17) is 23.2 Å². The Morgan fingerprint density at radius 1 is 1.33 bits per heavy atom. The molecule has 0 amide bonds. The molecule has 0 spiro atoms. The van der Waals surface area contributed by atoms with Gasteiger partial charge in [-0.1, -0.05) is 23.2 Å². The highest BCUT2D eigenvalue weighted by Crippen LogP contribution is 2.26. The van der Waals surface area contributed by atoms with E-state index in [1.54, 1.807) is 0 Å². The molecule has 0 aliphatic heterocycles. The Morgan fingerprint density at radius 3 is 2.83 bits per heavy atom. The van der Waals surface area contributed by atoms with Crippen LogP contribution in [0.1, 0.15) is 5.56 Å². The number of fused-ring (bicyclic) bond motifs is 1. The Hall–Kier alpha value is -0.730. The summed E-state index contributed by atoms with van der Waals surface area (Å²) in [6, 6.07) is 3.72. The Labute approximate surface area is 79.5 Å². The van der Waals surface area contributed by atoms with E-state index in [1.807, 2.05) is 19.1 Å². The van der Waals surface area contributed by atoms with E-state index < -0.39 is 0 Å². The number of hydrogen-bond acceptors (Lipinski definition) is 1. The lowest BCUT2D eigenvalue weighted by Gasteiger charge is -1.95. The topological polar surface area (TPSA) is 28.7 Å². The zero-order chi connectivity index (χ0) is 8.72. The van der Waals surface area contributed by atoms with Gasteiger partial charge in [-0.15, -0.1) is 0 Å². The van der Waals surface area contributed by atoms with Gasteiger partial charge >= 0.3 is 0 Å². The fourth-order valence-corrected chi connectivity index (χ4v) is 1.46. The Kier molecular flexibility index (Phi) is 1.74. The van der Waals surface area contributed by atoms with Crippen molar-refractivity contribution < 1.29 is 0 Å². The van der Waals surface area contributed by atoms with Crippen LogP contribution in [0.2, 0.25) is 10.2 Å². The summed E-state index contributed by atoms with van der Waals surface area (Å²) in [4.78, 5) is 0. The first-order valence-electron chi connectivity index (χ1n) is 3.48. The van der Waals surface area contributed by atoms with Crippen LogP contribution in [0.25, 0.3) is 10.9 Å². The highest BCUT2D eigenvalue weighted by atomic mass is 35.5. The summed E-state index contributed by atoms with van der Waals surface area (Å²) in [6.07, 6.45) is 0. The van der Waals surface area contributed by atoms with Crippen LogP contribution >= 0.6 is 23.2 Å². The number of nitrogens with one attached hydrogen (secondary N) is 1. The highest BCUT2D eigenvalue weighted by Gasteiger charge is 2.04. The largest absolute Gasteiger partial charge is 0.266 e. The Morgan fingerprint density at radius 2 is 2.08 bits per heavy atom. The number of H-pyrrole nitrogens is 1. The minimum absolute atomic E-state index is 0.534. The normalized spacial score (nSPS) is 10.9. The molecular weight excluding hydrogens is 195 g/mol. The number of aromatic nitrogens is 2. The molecule has 0 saturated heterocycles. The van der Waals surface area contributed by atoms with Gasteiger partial charge in [-0.2, -0.15) is 5.10 Å². The molecule has 0 atom stereocenters. The van der Waals surface area contributed by atoms with Gasteiger partial charge in [-0.25, -0.2) is 0 Å². The fraction of sp³-hybridized carbons (Fsp3) is 0.125. The zero-order valence-electron chi connectivity index (χ0n) is 6.36. The van der Waals surface area contributed by atoms with Crippen LogP contribution in [0, 0.1) is 6.92 Å². The molecule has 62 valence electrons. The van der Waals surface area contributed by atoms with E-state index in [-0.39, 0.29) is 0 Å². The highest BCUT2D eigenvalue weighted by molar-refractivity contribution is 6.36. The van der Waals surface area contributed by atoms with Gasteiger partial charge in [0, 0.05) is 10.4 Å². The van der Waals surface area contributed by atoms with Crippen molar-refractivity contribution in [2.45, 2.75) is 6.92 Å². The predicted molar refractivity (Wildman–Crippen MR) is 50.9 cm³/mol. The molecule has 12 heavy (non-hydrogen) atoms. The molecule has 4 heteroatoms. The van der Waals surface area contributed by atoms with Crippen molar-refractivity contribution >= 4 is 34.1 Å². The lowest BCUT2D eigenvalue weighted by molar-refractivity contribution is 1.12. The van der Waals surface area contributed by atoms with Crippen molar-refractivity contribution in [2.24, 2.45) is 0 Å². The molecule has 2 aromatic rings. The maximum absolute atomic E-state index is 5.92. The third-order valence-corrected chi connectivity index (χ3v) is 2.48. The number of aryl methyl sites for hydroxylation is 1. The van der Waals surface area contributed by atoms with Gasteiger partial charge in [-0.05, 0) is 24.6 Å². The van der Waals surface area contributed by atoms with Crippen LogP contribution in [-0.2, 0) is 0 Å². The van der Waals surface area contributed by atoms with Crippen LogP contribution in [0.3, 0.4) is 0 Å². The number of halogens is 2. The summed E-state index contributed by atoms with van der Waals surface area (Å²) in [7, 11) is 0. The molecule has 0 aliphatic carbocycles. The van der Waals surface area contributed by atoms with Gasteiger partial charge in [0.2, 0.25) is 0 Å². The molecule has 2 rings (SSSR count). The number of nitrogens with zero attached hydrogens (tertiary/aromatic N) is 1. The van der Waals surface area contributed by atoms with Gasteiger partial charge < -0.3 is 0 Å². The summed E-state index contributed by atoms with van der Waals surface area (Å²) in [6.45, 7) is 1.93. The van der Waals surface area contributed by atoms with E-state index in [9.17, 15) is 0 Å². The summed E-state index contributed by atoms with van der Waals surface area (Å²) in [5, 5.41) is 8.81. The average molecular weight is 201 g/mol. The molecule has 0 aliphatic rings. The van der Waals surface area contributed by atoms with Gasteiger partial charge in [0.1, 0.15) is 5.15 Å². The van der Waals surface area contributed by atoms with Crippen LogP contribution < -0.4 is 0 Å². The molecule has 1 heterocycles. The van der Waals surface area contributed by atoms with Crippen molar-refractivity contribution in [2.75, 3.05) is 0 Å². The van der Waals surface area contributed by atoms with Crippen molar-refractivity contribution in [3.8, 4) is 0 Å². The molecule has 0 radical (unpaired) electrons. The summed E-state index contributed by atoms with van der Waals surface area (Å²) in [5.74, 6) is 0. The number of rotatable bonds is 0. The number of benzene rings is 1. The van der Waals surface area contributed by atoms with E-state index >= 15 is 0 Å². The van der Waals surface area contributed by atoms with Crippen molar-refractivity contribution in [3.63, 3.8) is 0 Å². The van der Waals surface area contributed by atoms with Gasteiger partial charge in [-0.3, -0.25) is 5.10 Å². The van der Waals surface area contributed by atoms with Crippen molar-refractivity contribution in [1.82, 2.24) is 10.2 Å². The second-order valence-corrected chi connectivity index (χ2v) is 3.44. The number of aromatic amines is 1. The third-order valence-electron chi connectivity index (χ3n) is 1.79. The first-order valence-corrected chi connectivity index (χ1v) is 4.24. The minimum atomic E-state index is 0.534. The zero-order valence-corrected chi connectivity index (χ0v) is 7.87. The second-order valence-electron chi connectivity index (χ2n) is 2.66. The second kappa shape index (κ2) is 2.64. The predicted octanol–water partition coefficient (Wildman–Crippen LogP) is 3.18. The maximum Gasteiger partial charge on any atom is 0.132 e. The van der Waals surface area contributed by atoms with E-state index in [0.717, 1.165) is 16.5 Å². The summed E-state index contributed by atoms with van der Waals surface area (Å²) in [5.41, 5.74) is 1.86. The molecule has 0 bridgehead atoms.